The van der Waals surface area contributed by atoms with E-state index in [0.717, 1.165) is 12.1 Å². The van der Waals surface area contributed by atoms with Crippen LogP contribution in [0.15, 0.2) is 18.2 Å². The molecule has 1 atom stereocenters. The van der Waals surface area contributed by atoms with E-state index in [1.54, 1.807) is 6.07 Å². The number of rotatable bonds is 6. The molecule has 104 valence electrons. The third kappa shape index (κ3) is 4.11. The van der Waals surface area contributed by atoms with Gasteiger partial charge in [-0.15, -0.1) is 0 Å². The van der Waals surface area contributed by atoms with E-state index < -0.39 is 4.92 Å². The predicted octanol–water partition coefficient (Wildman–Crippen LogP) is 2.59. The lowest BCUT2D eigenvalue weighted by Crippen LogP contribution is -2.22. The first-order valence-corrected chi connectivity index (χ1v) is 7.38. The van der Waals surface area contributed by atoms with Crippen LogP contribution in [0.2, 0.25) is 0 Å². The number of benzene rings is 1. The summed E-state index contributed by atoms with van der Waals surface area (Å²) in [5, 5.41) is 14.9. The second-order valence-corrected chi connectivity index (χ2v) is 5.97. The van der Waals surface area contributed by atoms with Crippen molar-refractivity contribution in [1.29, 1.82) is 0 Å². The number of nitro benzene ring substituents is 1. The number of hydrogen-bond donors (Lipinski definition) is 1. The number of nitro groups is 1. The van der Waals surface area contributed by atoms with Gasteiger partial charge in [-0.25, -0.2) is 0 Å². The van der Waals surface area contributed by atoms with Crippen LogP contribution in [0, 0.1) is 10.1 Å². The van der Waals surface area contributed by atoms with Crippen LogP contribution in [0.5, 0.6) is 5.75 Å². The maximum absolute atomic E-state index is 10.8. The zero-order valence-corrected chi connectivity index (χ0v) is 11.7. The van der Waals surface area contributed by atoms with Gasteiger partial charge in [-0.3, -0.25) is 10.1 Å². The minimum Gasteiger partial charge on any atom is -0.496 e. The van der Waals surface area contributed by atoms with Crippen molar-refractivity contribution in [3.63, 3.8) is 0 Å². The summed E-state index contributed by atoms with van der Waals surface area (Å²) in [4.78, 5) is 10.4. The minimum atomic E-state index is -0.390. The number of hydrogen-bond acceptors (Lipinski definition) is 5. The van der Waals surface area contributed by atoms with Crippen molar-refractivity contribution in [1.82, 2.24) is 5.32 Å². The van der Waals surface area contributed by atoms with Crippen molar-refractivity contribution in [2.24, 2.45) is 0 Å². The average Bonchev–Trinajstić information content (AvgIpc) is 2.91. The molecule has 0 bridgehead atoms. The number of non-ortho nitro benzene ring substituents is 1. The van der Waals surface area contributed by atoms with E-state index in [9.17, 15) is 10.1 Å². The molecule has 1 saturated heterocycles. The molecule has 1 unspecified atom stereocenters. The second-order valence-electron chi connectivity index (χ2n) is 4.56. The molecular formula is C13H18N2O3S. The Morgan fingerprint density at radius 2 is 2.37 bits per heavy atom. The maximum Gasteiger partial charge on any atom is 0.273 e. The summed E-state index contributed by atoms with van der Waals surface area (Å²) in [5.74, 6) is 1.78. The van der Waals surface area contributed by atoms with E-state index in [-0.39, 0.29) is 5.69 Å². The lowest BCUT2D eigenvalue weighted by molar-refractivity contribution is -0.385. The Balaban J connectivity index is 1.94. The third-order valence-electron chi connectivity index (χ3n) is 3.12. The molecule has 1 heterocycles. The number of ether oxygens (including phenoxy) is 1. The fraction of sp³-hybridized carbons (Fsp3) is 0.538. The van der Waals surface area contributed by atoms with Crippen molar-refractivity contribution in [3.8, 4) is 5.75 Å². The lowest BCUT2D eigenvalue weighted by Gasteiger charge is -2.10. The highest BCUT2D eigenvalue weighted by Gasteiger charge is 2.15. The normalized spacial score (nSPS) is 18.5. The highest BCUT2D eigenvalue weighted by atomic mass is 32.2. The summed E-state index contributed by atoms with van der Waals surface area (Å²) < 4.78 is 5.09. The molecule has 0 amide bonds. The van der Waals surface area contributed by atoms with Gasteiger partial charge in [0.25, 0.3) is 5.69 Å². The van der Waals surface area contributed by atoms with Gasteiger partial charge >= 0.3 is 0 Å². The summed E-state index contributed by atoms with van der Waals surface area (Å²) >= 11 is 2.00. The second kappa shape index (κ2) is 6.77. The molecule has 1 aliphatic rings. The van der Waals surface area contributed by atoms with Crippen LogP contribution in [0.1, 0.15) is 18.4 Å². The molecular weight excluding hydrogens is 264 g/mol. The van der Waals surface area contributed by atoms with Gasteiger partial charge in [-0.05, 0) is 30.2 Å². The summed E-state index contributed by atoms with van der Waals surface area (Å²) in [7, 11) is 1.52. The van der Waals surface area contributed by atoms with Gasteiger partial charge in [-0.1, -0.05) is 0 Å². The smallest absolute Gasteiger partial charge is 0.273 e. The molecule has 0 aliphatic carbocycles. The van der Waals surface area contributed by atoms with Crippen molar-refractivity contribution in [2.45, 2.75) is 24.6 Å². The van der Waals surface area contributed by atoms with Crippen LogP contribution in [0.25, 0.3) is 0 Å². The summed E-state index contributed by atoms with van der Waals surface area (Å²) in [6, 6.07) is 4.87. The number of nitrogens with one attached hydrogen (secondary N) is 1. The first-order chi connectivity index (χ1) is 9.19. The van der Waals surface area contributed by atoms with E-state index in [4.69, 9.17) is 4.74 Å². The predicted molar refractivity (Wildman–Crippen MR) is 76.8 cm³/mol. The number of methoxy groups -OCH3 is 1. The molecule has 5 nitrogen and oxygen atoms in total. The molecule has 0 saturated carbocycles. The molecule has 6 heteroatoms. The topological polar surface area (TPSA) is 64.4 Å². The van der Waals surface area contributed by atoms with E-state index in [2.05, 4.69) is 5.32 Å². The van der Waals surface area contributed by atoms with Gasteiger partial charge < -0.3 is 10.1 Å². The Bertz CT molecular complexity index is 448. The van der Waals surface area contributed by atoms with E-state index in [0.29, 0.717) is 17.5 Å². The van der Waals surface area contributed by atoms with E-state index in [1.165, 1.54) is 31.8 Å². The van der Waals surface area contributed by atoms with Crippen LogP contribution >= 0.6 is 11.8 Å². The van der Waals surface area contributed by atoms with E-state index in [1.807, 2.05) is 17.8 Å². The third-order valence-corrected chi connectivity index (χ3v) is 4.52. The fourth-order valence-corrected chi connectivity index (χ4v) is 3.39. The fourth-order valence-electron chi connectivity index (χ4n) is 2.15. The van der Waals surface area contributed by atoms with Gasteiger partial charge in [0.2, 0.25) is 0 Å². The Hall–Kier alpha value is -1.27. The van der Waals surface area contributed by atoms with Gasteiger partial charge in [0.15, 0.2) is 0 Å². The molecule has 0 spiro atoms. The molecule has 0 radical (unpaired) electrons. The number of thioether (sulfide) groups is 1. The van der Waals surface area contributed by atoms with Gasteiger partial charge in [0, 0.05) is 24.4 Å². The Kier molecular flexibility index (Phi) is 5.04. The van der Waals surface area contributed by atoms with E-state index >= 15 is 0 Å². The molecule has 1 N–H and O–H groups in total. The molecule has 1 aromatic carbocycles. The highest BCUT2D eigenvalue weighted by Crippen LogP contribution is 2.26. The molecule has 1 aromatic rings. The maximum atomic E-state index is 10.8. The molecule has 2 rings (SSSR count). The largest absolute Gasteiger partial charge is 0.496 e. The van der Waals surface area contributed by atoms with Crippen molar-refractivity contribution < 1.29 is 9.66 Å². The Morgan fingerprint density at radius 1 is 1.53 bits per heavy atom. The van der Waals surface area contributed by atoms with Gasteiger partial charge in [0.1, 0.15) is 5.75 Å². The van der Waals surface area contributed by atoms with Crippen molar-refractivity contribution in [2.75, 3.05) is 19.4 Å². The Morgan fingerprint density at radius 3 is 3.00 bits per heavy atom. The molecule has 1 fully saturated rings. The minimum absolute atomic E-state index is 0.0754. The van der Waals surface area contributed by atoms with Crippen LogP contribution in [-0.2, 0) is 6.54 Å². The highest BCUT2D eigenvalue weighted by molar-refractivity contribution is 8.00. The monoisotopic (exact) mass is 282 g/mol. The standard InChI is InChI=1S/C13H18N2O3S/c1-18-12-6-10(5-11(7-12)15(16)17)8-14-9-13-3-2-4-19-13/h5-7,13-14H,2-4,8-9H2,1H3. The number of nitrogens with zero attached hydrogens (tertiary/aromatic N) is 1. The molecule has 0 aromatic heterocycles. The first-order valence-electron chi connectivity index (χ1n) is 6.33. The summed E-state index contributed by atoms with van der Waals surface area (Å²) in [6.07, 6.45) is 2.55. The quantitative estimate of drug-likeness (QED) is 0.642. The Labute approximate surface area is 116 Å². The zero-order chi connectivity index (χ0) is 13.7. The molecule has 19 heavy (non-hydrogen) atoms. The zero-order valence-electron chi connectivity index (χ0n) is 10.9. The summed E-state index contributed by atoms with van der Waals surface area (Å²) in [6.45, 7) is 1.59. The lowest BCUT2D eigenvalue weighted by atomic mass is 10.2. The van der Waals surface area contributed by atoms with Crippen LogP contribution in [0.3, 0.4) is 0 Å². The average molecular weight is 282 g/mol. The first kappa shape index (κ1) is 14.1. The van der Waals surface area contributed by atoms with Crippen LogP contribution in [0.4, 0.5) is 5.69 Å². The molecule has 1 aliphatic heterocycles. The van der Waals surface area contributed by atoms with Crippen LogP contribution < -0.4 is 10.1 Å². The van der Waals surface area contributed by atoms with Gasteiger partial charge in [-0.2, -0.15) is 11.8 Å². The van der Waals surface area contributed by atoms with Gasteiger partial charge in [0.05, 0.1) is 18.1 Å². The van der Waals surface area contributed by atoms with Crippen LogP contribution in [-0.4, -0.2) is 29.6 Å². The SMILES string of the molecule is COc1cc(CNCC2CCCS2)cc([N+](=O)[O-])c1. The van der Waals surface area contributed by atoms with Crippen molar-refractivity contribution in [3.05, 3.63) is 33.9 Å². The van der Waals surface area contributed by atoms with Crippen molar-refractivity contribution >= 4 is 17.4 Å². The summed E-state index contributed by atoms with van der Waals surface area (Å²) in [5.41, 5.74) is 0.959.